The Balaban J connectivity index is 2.10. The number of nitrogens with zero attached hydrogens (tertiary/aromatic N) is 2. The van der Waals surface area contributed by atoms with E-state index >= 15 is 0 Å². The Morgan fingerprint density at radius 2 is 1.71 bits per heavy atom. The number of rotatable bonds is 3. The van der Waals surface area contributed by atoms with E-state index in [2.05, 4.69) is 7.96 Å². The number of fused-ring (bicyclic) bond motifs is 1. The van der Waals surface area contributed by atoms with Gasteiger partial charge < -0.3 is 0 Å². The van der Waals surface area contributed by atoms with Crippen molar-refractivity contribution in [1.29, 1.82) is 0 Å². The van der Waals surface area contributed by atoms with Gasteiger partial charge in [0.05, 0.1) is 0 Å². The molecule has 0 aliphatic rings. The van der Waals surface area contributed by atoms with Gasteiger partial charge in [0.1, 0.15) is 0 Å². The van der Waals surface area contributed by atoms with Gasteiger partial charge in [0, 0.05) is 0 Å². The van der Waals surface area contributed by atoms with Gasteiger partial charge in [-0.25, -0.2) is 0 Å². The number of para-hydroxylation sites is 1. The second-order valence-corrected chi connectivity index (χ2v) is 7.75. The number of aryl methyl sites for hydroxylation is 1. The summed E-state index contributed by atoms with van der Waals surface area (Å²) in [5, 5.41) is 0. The summed E-state index contributed by atoms with van der Waals surface area (Å²) < 4.78 is 74.5. The van der Waals surface area contributed by atoms with Gasteiger partial charge in [0.2, 0.25) is 0 Å². The van der Waals surface area contributed by atoms with Crippen molar-refractivity contribution in [3.05, 3.63) is 47.5 Å². The summed E-state index contributed by atoms with van der Waals surface area (Å²) in [6, 6.07) is 7.30. The molecule has 0 atom stereocenters. The van der Waals surface area contributed by atoms with E-state index in [1.807, 2.05) is 4.72 Å². The number of aromatic nitrogens is 2. The third-order valence-electron chi connectivity index (χ3n) is 3.35. The van der Waals surface area contributed by atoms with Crippen LogP contribution in [-0.4, -0.2) is 31.3 Å². The molecule has 1 N–H and O–H groups in total. The normalized spacial score (nSPS) is 12.5. The van der Waals surface area contributed by atoms with Gasteiger partial charge >= 0.3 is 141 Å². The molecule has 24 heavy (non-hydrogen) atoms. The number of hydrogen-bond acceptors (Lipinski definition) is 4. The fraction of sp³-hybridized carbons (Fsp3) is 0.143. The van der Waals surface area contributed by atoms with Crippen LogP contribution in [-0.2, 0) is 16.2 Å². The summed E-state index contributed by atoms with van der Waals surface area (Å²) in [6.45, 7) is 1.77. The molecule has 0 spiro atoms. The zero-order valence-corrected chi connectivity index (χ0v) is 14.7. The molecule has 10 heteroatoms. The first kappa shape index (κ1) is 16.9. The van der Waals surface area contributed by atoms with Crippen LogP contribution in [0, 0.1) is 6.92 Å². The average Bonchev–Trinajstić information content (AvgIpc) is 2.96. The second kappa shape index (κ2) is 5.87. The van der Waals surface area contributed by atoms with Crippen LogP contribution in [0.25, 0.3) is 11.0 Å². The molecule has 0 bridgehead atoms. The maximum absolute atomic E-state index is 13.0. The zero-order chi connectivity index (χ0) is 17.5. The van der Waals surface area contributed by atoms with Crippen LogP contribution in [0.2, 0.25) is 0 Å². The number of anilines is 1. The van der Waals surface area contributed by atoms with Gasteiger partial charge in [-0.3, -0.25) is 0 Å². The summed E-state index contributed by atoms with van der Waals surface area (Å²) in [4.78, 5) is -0.178. The molecule has 0 saturated heterocycles. The van der Waals surface area contributed by atoms with Gasteiger partial charge in [0.15, 0.2) is 0 Å². The molecule has 0 unspecified atom stereocenters. The quantitative estimate of drug-likeness (QED) is 0.662. The number of hydrogen-bond donors (Lipinski definition) is 1. The van der Waals surface area contributed by atoms with Crippen LogP contribution in [0.4, 0.5) is 18.9 Å². The zero-order valence-electron chi connectivity index (χ0n) is 12.1. The van der Waals surface area contributed by atoms with Crippen LogP contribution in [0.15, 0.2) is 41.3 Å². The molecule has 0 amide bonds. The third kappa shape index (κ3) is 3.04. The fourth-order valence-corrected chi connectivity index (χ4v) is 4.85. The second-order valence-electron chi connectivity index (χ2n) is 4.99. The van der Waals surface area contributed by atoms with Crippen LogP contribution < -0.4 is 4.72 Å². The van der Waals surface area contributed by atoms with Crippen molar-refractivity contribution in [3.8, 4) is 0 Å². The molecule has 5 nitrogen and oxygen atoms in total. The molecular formula is C14H10F3N3O2SSe. The van der Waals surface area contributed by atoms with E-state index in [4.69, 9.17) is 0 Å². The first-order valence-corrected chi connectivity index (χ1v) is 9.62. The van der Waals surface area contributed by atoms with E-state index in [1.165, 1.54) is 18.2 Å². The van der Waals surface area contributed by atoms with Gasteiger partial charge in [-0.2, -0.15) is 0 Å². The van der Waals surface area contributed by atoms with Gasteiger partial charge in [-0.15, -0.1) is 0 Å². The molecule has 126 valence electrons. The van der Waals surface area contributed by atoms with Gasteiger partial charge in [-0.1, -0.05) is 0 Å². The van der Waals surface area contributed by atoms with E-state index < -0.39 is 42.4 Å². The molecule has 1 aromatic heterocycles. The van der Waals surface area contributed by atoms with E-state index in [-0.39, 0.29) is 10.4 Å². The molecule has 0 fully saturated rings. The number of nitrogens with one attached hydrogen (secondary N) is 1. The van der Waals surface area contributed by atoms with Crippen molar-refractivity contribution in [2.45, 2.75) is 18.0 Å². The molecular weight excluding hydrogens is 410 g/mol. The SMILES string of the molecule is Cc1ccc(S(=O)(=O)Nc2ccccc2C(F)(F)F)c2n[se]nc12. The summed E-state index contributed by atoms with van der Waals surface area (Å²) in [5.74, 6) is 0. The molecule has 3 aromatic rings. The topological polar surface area (TPSA) is 72.0 Å². The molecule has 2 aromatic carbocycles. The molecule has 0 radical (unpaired) electrons. The summed E-state index contributed by atoms with van der Waals surface area (Å²) >= 11 is -0.456. The predicted molar refractivity (Wildman–Crippen MR) is 83.5 cm³/mol. The minimum absolute atomic E-state index is 0.178. The maximum atomic E-state index is 13.0. The van der Waals surface area contributed by atoms with Crippen molar-refractivity contribution in [2.75, 3.05) is 4.72 Å². The summed E-state index contributed by atoms with van der Waals surface area (Å²) in [5.41, 5.74) is -0.139. The molecule has 0 aliphatic heterocycles. The monoisotopic (exact) mass is 421 g/mol. The Morgan fingerprint density at radius 1 is 1.04 bits per heavy atom. The minimum atomic E-state index is -4.67. The van der Waals surface area contributed by atoms with Gasteiger partial charge in [-0.05, 0) is 0 Å². The Bertz CT molecular complexity index is 1020. The molecule has 0 aliphatic carbocycles. The van der Waals surface area contributed by atoms with Crippen molar-refractivity contribution in [2.24, 2.45) is 0 Å². The first-order valence-electron chi connectivity index (χ1n) is 6.61. The fourth-order valence-electron chi connectivity index (χ4n) is 2.20. The Hall–Kier alpha value is -1.90. The van der Waals surface area contributed by atoms with Crippen LogP contribution in [0.1, 0.15) is 11.1 Å². The summed E-state index contributed by atoms with van der Waals surface area (Å²) in [7, 11) is -4.23. The number of sulfonamides is 1. The van der Waals surface area contributed by atoms with Crippen molar-refractivity contribution in [3.63, 3.8) is 0 Å². The van der Waals surface area contributed by atoms with Gasteiger partial charge in [0.25, 0.3) is 0 Å². The molecule has 0 saturated carbocycles. The van der Waals surface area contributed by atoms with E-state index in [0.29, 0.717) is 5.52 Å². The average molecular weight is 420 g/mol. The predicted octanol–water partition coefficient (Wildman–Crippen LogP) is 2.81. The Kier molecular flexibility index (Phi) is 4.14. The standard InChI is InChI=1S/C14H10F3N3O2SSe/c1-8-6-7-11(13-12(8)19-24-20-13)23(21,22)18-10-5-3-2-4-9(10)14(15,16)17/h2-7,18H,1H3. The van der Waals surface area contributed by atoms with Crippen molar-refractivity contribution < 1.29 is 21.6 Å². The number of halogens is 3. The van der Waals surface area contributed by atoms with E-state index in [1.54, 1.807) is 13.0 Å². The molecule has 1 heterocycles. The van der Waals surface area contributed by atoms with E-state index in [9.17, 15) is 21.6 Å². The summed E-state index contributed by atoms with van der Waals surface area (Å²) in [6.07, 6.45) is -4.67. The Labute approximate surface area is 141 Å². The number of alkyl halides is 3. The van der Waals surface area contributed by atoms with Crippen LogP contribution in [0.5, 0.6) is 0 Å². The molecule has 3 rings (SSSR count). The van der Waals surface area contributed by atoms with Crippen molar-refractivity contribution in [1.82, 2.24) is 7.96 Å². The van der Waals surface area contributed by atoms with Crippen molar-refractivity contribution >= 4 is 41.7 Å². The third-order valence-corrected chi connectivity index (χ3v) is 5.85. The van der Waals surface area contributed by atoms with E-state index in [0.717, 1.165) is 17.7 Å². The first-order chi connectivity index (χ1) is 11.2. The Morgan fingerprint density at radius 3 is 2.42 bits per heavy atom. The van der Waals surface area contributed by atoms with Crippen LogP contribution in [0.3, 0.4) is 0 Å². The van der Waals surface area contributed by atoms with Crippen LogP contribution >= 0.6 is 0 Å². The number of benzene rings is 2.